The minimum Gasteiger partial charge on any atom is -0.441 e. The first-order valence-electron chi connectivity index (χ1n) is 4.15. The van der Waals surface area contributed by atoms with Gasteiger partial charge in [0.1, 0.15) is 0 Å². The number of carbonyl (C=O) groups is 2. The lowest BCUT2D eigenvalue weighted by Gasteiger charge is -2.26. The summed E-state index contributed by atoms with van der Waals surface area (Å²) in [5.74, 6) is -0.0955. The second kappa shape index (κ2) is 4.23. The Morgan fingerprint density at radius 3 is 2.54 bits per heavy atom. The predicted octanol–water partition coefficient (Wildman–Crippen LogP) is 0.0889. The van der Waals surface area contributed by atoms with Gasteiger partial charge in [0, 0.05) is 0 Å². The molecular weight excluding hydrogens is 174 g/mol. The summed E-state index contributed by atoms with van der Waals surface area (Å²) in [6, 6.07) is -0.492. The highest BCUT2D eigenvalue weighted by atomic mass is 16.6. The van der Waals surface area contributed by atoms with E-state index in [1.807, 2.05) is 0 Å². The van der Waals surface area contributed by atoms with Gasteiger partial charge in [0.15, 0.2) is 11.9 Å². The Morgan fingerprint density at radius 1 is 1.54 bits per heavy atom. The van der Waals surface area contributed by atoms with Crippen molar-refractivity contribution in [1.82, 2.24) is 5.32 Å². The van der Waals surface area contributed by atoms with Crippen molar-refractivity contribution in [2.75, 3.05) is 13.2 Å². The fourth-order valence-electron chi connectivity index (χ4n) is 0.746. The van der Waals surface area contributed by atoms with Crippen LogP contribution in [0.1, 0.15) is 13.8 Å². The SMILES string of the molecule is CC(=O)C(C)NC(=O)OC1COC1. The van der Waals surface area contributed by atoms with E-state index >= 15 is 0 Å². The van der Waals surface area contributed by atoms with E-state index in [0.717, 1.165) is 0 Å². The van der Waals surface area contributed by atoms with Crippen LogP contribution in [0.3, 0.4) is 0 Å². The van der Waals surface area contributed by atoms with Crippen LogP contribution in [-0.2, 0) is 14.3 Å². The molecule has 1 atom stereocenters. The van der Waals surface area contributed by atoms with Gasteiger partial charge in [0.05, 0.1) is 19.3 Å². The van der Waals surface area contributed by atoms with Gasteiger partial charge in [0.2, 0.25) is 0 Å². The minimum atomic E-state index is -0.559. The highest BCUT2D eigenvalue weighted by Crippen LogP contribution is 2.05. The van der Waals surface area contributed by atoms with Crippen LogP contribution in [-0.4, -0.2) is 37.2 Å². The Bertz CT molecular complexity index is 212. The third-order valence-corrected chi connectivity index (χ3v) is 1.83. The summed E-state index contributed by atoms with van der Waals surface area (Å²) in [7, 11) is 0. The second-order valence-corrected chi connectivity index (χ2v) is 3.04. The first-order valence-corrected chi connectivity index (χ1v) is 4.15. The van der Waals surface area contributed by atoms with Gasteiger partial charge < -0.3 is 14.8 Å². The first-order chi connectivity index (χ1) is 6.09. The molecule has 1 aliphatic heterocycles. The second-order valence-electron chi connectivity index (χ2n) is 3.04. The molecule has 0 bridgehead atoms. The van der Waals surface area contributed by atoms with Crippen molar-refractivity contribution in [3.05, 3.63) is 0 Å². The van der Waals surface area contributed by atoms with E-state index in [1.165, 1.54) is 6.92 Å². The summed E-state index contributed by atoms with van der Waals surface area (Å²) >= 11 is 0. The van der Waals surface area contributed by atoms with Crippen LogP contribution in [0.4, 0.5) is 4.79 Å². The molecule has 74 valence electrons. The number of nitrogens with one attached hydrogen (secondary N) is 1. The number of rotatable bonds is 3. The Morgan fingerprint density at radius 2 is 2.15 bits per heavy atom. The Labute approximate surface area is 76.4 Å². The Kier molecular flexibility index (Phi) is 3.25. The van der Waals surface area contributed by atoms with Crippen LogP contribution < -0.4 is 5.32 Å². The predicted molar refractivity (Wildman–Crippen MR) is 44.4 cm³/mol. The molecule has 0 radical (unpaired) electrons. The summed E-state index contributed by atoms with van der Waals surface area (Å²) in [6.07, 6.45) is -0.713. The third-order valence-electron chi connectivity index (χ3n) is 1.83. The van der Waals surface area contributed by atoms with Gasteiger partial charge in [-0.15, -0.1) is 0 Å². The molecule has 1 unspecified atom stereocenters. The molecule has 0 aromatic carbocycles. The van der Waals surface area contributed by atoms with Crippen molar-refractivity contribution >= 4 is 11.9 Å². The molecule has 0 aromatic rings. The van der Waals surface area contributed by atoms with Gasteiger partial charge in [-0.05, 0) is 13.8 Å². The van der Waals surface area contributed by atoms with Crippen molar-refractivity contribution in [2.24, 2.45) is 0 Å². The molecular formula is C8H13NO4. The fourth-order valence-corrected chi connectivity index (χ4v) is 0.746. The standard InChI is InChI=1S/C8H13NO4/c1-5(6(2)10)9-8(11)13-7-3-12-4-7/h5,7H,3-4H2,1-2H3,(H,9,11). The number of carbonyl (C=O) groups excluding carboxylic acids is 2. The Balaban J connectivity index is 2.19. The summed E-state index contributed by atoms with van der Waals surface area (Å²) in [4.78, 5) is 21.8. The van der Waals surface area contributed by atoms with E-state index in [-0.39, 0.29) is 11.9 Å². The zero-order chi connectivity index (χ0) is 9.84. The third kappa shape index (κ3) is 3.02. The van der Waals surface area contributed by atoms with Gasteiger partial charge in [0.25, 0.3) is 0 Å². The van der Waals surface area contributed by atoms with E-state index in [2.05, 4.69) is 5.32 Å². The molecule has 1 saturated heterocycles. The minimum absolute atomic E-state index is 0.0955. The van der Waals surface area contributed by atoms with Crippen molar-refractivity contribution < 1.29 is 19.1 Å². The number of alkyl carbamates (subject to hydrolysis) is 1. The average Bonchev–Trinajstić information content (AvgIpc) is 1.96. The van der Waals surface area contributed by atoms with E-state index in [1.54, 1.807) is 6.92 Å². The number of hydrogen-bond acceptors (Lipinski definition) is 4. The van der Waals surface area contributed by atoms with Gasteiger partial charge in [-0.25, -0.2) is 4.79 Å². The summed E-state index contributed by atoms with van der Waals surface area (Å²) in [5.41, 5.74) is 0. The molecule has 0 saturated carbocycles. The van der Waals surface area contributed by atoms with Crippen LogP contribution in [0.15, 0.2) is 0 Å². The topological polar surface area (TPSA) is 64.6 Å². The fraction of sp³-hybridized carbons (Fsp3) is 0.750. The molecule has 0 aliphatic carbocycles. The Hall–Kier alpha value is -1.10. The summed E-state index contributed by atoms with van der Waals surface area (Å²) < 4.78 is 9.70. The van der Waals surface area contributed by atoms with Gasteiger partial charge >= 0.3 is 6.09 Å². The van der Waals surface area contributed by atoms with Crippen molar-refractivity contribution in [1.29, 1.82) is 0 Å². The monoisotopic (exact) mass is 187 g/mol. The number of ketones is 1. The van der Waals surface area contributed by atoms with Crippen LogP contribution in [0.2, 0.25) is 0 Å². The number of Topliss-reactive ketones (excluding diaryl/α,β-unsaturated/α-hetero) is 1. The van der Waals surface area contributed by atoms with E-state index in [9.17, 15) is 9.59 Å². The van der Waals surface area contributed by atoms with Gasteiger partial charge in [-0.1, -0.05) is 0 Å². The highest BCUT2D eigenvalue weighted by Gasteiger charge is 2.23. The molecule has 0 aromatic heterocycles. The van der Waals surface area contributed by atoms with E-state index < -0.39 is 12.1 Å². The van der Waals surface area contributed by atoms with Crippen molar-refractivity contribution in [2.45, 2.75) is 26.0 Å². The summed E-state index contributed by atoms with van der Waals surface area (Å²) in [6.45, 7) is 3.92. The van der Waals surface area contributed by atoms with Crippen LogP contribution in [0.5, 0.6) is 0 Å². The molecule has 1 rings (SSSR count). The quantitative estimate of drug-likeness (QED) is 0.680. The maximum absolute atomic E-state index is 11.0. The van der Waals surface area contributed by atoms with Gasteiger partial charge in [-0.2, -0.15) is 0 Å². The normalized spacial score (nSPS) is 18.6. The largest absolute Gasteiger partial charge is 0.441 e. The van der Waals surface area contributed by atoms with Crippen LogP contribution in [0.25, 0.3) is 0 Å². The molecule has 5 heteroatoms. The lowest BCUT2D eigenvalue weighted by Crippen LogP contribution is -2.44. The van der Waals surface area contributed by atoms with Gasteiger partial charge in [-0.3, -0.25) is 4.79 Å². The average molecular weight is 187 g/mol. The lowest BCUT2D eigenvalue weighted by molar-refractivity contribution is -0.119. The molecule has 1 heterocycles. The molecule has 13 heavy (non-hydrogen) atoms. The highest BCUT2D eigenvalue weighted by molar-refractivity contribution is 5.84. The molecule has 1 fully saturated rings. The smallest absolute Gasteiger partial charge is 0.408 e. The van der Waals surface area contributed by atoms with Crippen LogP contribution in [0, 0.1) is 0 Å². The van der Waals surface area contributed by atoms with Crippen LogP contribution >= 0.6 is 0 Å². The van der Waals surface area contributed by atoms with Crippen molar-refractivity contribution in [3.8, 4) is 0 Å². The maximum Gasteiger partial charge on any atom is 0.408 e. The van der Waals surface area contributed by atoms with Crippen molar-refractivity contribution in [3.63, 3.8) is 0 Å². The lowest BCUT2D eigenvalue weighted by atomic mass is 10.2. The number of amides is 1. The zero-order valence-electron chi connectivity index (χ0n) is 7.70. The molecule has 1 aliphatic rings. The molecule has 5 nitrogen and oxygen atoms in total. The molecule has 1 amide bonds. The zero-order valence-corrected chi connectivity index (χ0v) is 7.70. The molecule has 0 spiro atoms. The summed E-state index contributed by atoms with van der Waals surface area (Å²) in [5, 5.41) is 2.41. The van der Waals surface area contributed by atoms with E-state index in [4.69, 9.17) is 9.47 Å². The first kappa shape index (κ1) is 9.98. The number of hydrogen-bond donors (Lipinski definition) is 1. The number of ether oxygens (including phenoxy) is 2. The van der Waals surface area contributed by atoms with E-state index in [0.29, 0.717) is 13.2 Å². The maximum atomic E-state index is 11.0. The molecule has 1 N–H and O–H groups in total.